The van der Waals surface area contributed by atoms with Gasteiger partial charge in [-0.1, -0.05) is 35.4 Å². The van der Waals surface area contributed by atoms with Gasteiger partial charge >= 0.3 is 5.92 Å². The minimum Gasteiger partial charge on any atom is -0.394 e. The van der Waals surface area contributed by atoms with E-state index < -0.39 is 93.9 Å². The molecule has 5 aromatic rings. The van der Waals surface area contributed by atoms with Crippen molar-refractivity contribution >= 4 is 44.3 Å². The molecule has 3 aromatic heterocycles. The first-order valence-electron chi connectivity index (χ1n) is 16.9. The number of sulfonamides is 1. The van der Waals surface area contributed by atoms with E-state index in [1.54, 1.807) is 6.07 Å². The van der Waals surface area contributed by atoms with Crippen LogP contribution in [0, 0.1) is 41.2 Å². The minimum atomic E-state index is -3.84. The highest BCUT2D eigenvalue weighted by Crippen LogP contribution is 2.57. The predicted molar refractivity (Wildman–Crippen MR) is 195 cm³/mol. The van der Waals surface area contributed by atoms with Gasteiger partial charge in [-0.2, -0.15) is 19.0 Å². The molecule has 3 heterocycles. The molecule has 296 valence electrons. The lowest BCUT2D eigenvalue weighted by atomic mass is 9.84. The fourth-order valence-electron chi connectivity index (χ4n) is 7.01. The summed E-state index contributed by atoms with van der Waals surface area (Å²) in [6.07, 6.45) is -2.70. The summed E-state index contributed by atoms with van der Waals surface area (Å²) in [5.74, 6) is 0.661. The van der Waals surface area contributed by atoms with E-state index in [4.69, 9.17) is 17.3 Å². The van der Waals surface area contributed by atoms with Gasteiger partial charge in [-0.3, -0.25) is 18.9 Å². The van der Waals surface area contributed by atoms with Crippen molar-refractivity contribution in [2.75, 3.05) is 17.6 Å². The first kappa shape index (κ1) is 39.6. The summed E-state index contributed by atoms with van der Waals surface area (Å²) in [6.45, 7) is -1.47. The zero-order chi connectivity index (χ0) is 41.1. The summed E-state index contributed by atoms with van der Waals surface area (Å²) in [7, 11) is -2.33. The number of nitrogens with zero attached hydrogens (tertiary/aromatic N) is 5. The van der Waals surface area contributed by atoms with Crippen LogP contribution in [0.2, 0.25) is 5.02 Å². The van der Waals surface area contributed by atoms with Crippen LogP contribution in [0.15, 0.2) is 42.5 Å². The molecule has 12 nitrogen and oxygen atoms in total. The Kier molecular flexibility index (Phi) is 10.2. The number of anilines is 1. The van der Waals surface area contributed by atoms with Crippen molar-refractivity contribution in [3.05, 3.63) is 93.0 Å². The van der Waals surface area contributed by atoms with Gasteiger partial charge in [-0.25, -0.2) is 31.0 Å². The van der Waals surface area contributed by atoms with Crippen LogP contribution in [0.25, 0.3) is 22.0 Å². The van der Waals surface area contributed by atoms with Crippen LogP contribution in [-0.4, -0.2) is 62.9 Å². The lowest BCUT2D eigenvalue weighted by Gasteiger charge is -2.24. The number of carbonyl (C=O) groups excluding carboxylic acids is 1. The molecule has 1 amide bonds. The van der Waals surface area contributed by atoms with Crippen LogP contribution in [0.3, 0.4) is 0 Å². The van der Waals surface area contributed by atoms with E-state index in [9.17, 15) is 35.9 Å². The molecule has 0 radical (unpaired) electrons. The number of aromatic nitrogens is 5. The normalized spacial score (nSPS) is 17.5. The van der Waals surface area contributed by atoms with Crippen LogP contribution in [-0.2, 0) is 40.8 Å². The Morgan fingerprint density at radius 2 is 1.79 bits per heavy atom. The third kappa shape index (κ3) is 7.51. The maximum atomic E-state index is 15.5. The fourth-order valence-corrected chi connectivity index (χ4v) is 7.75. The monoisotopic (exact) mass is 830 g/mol. The highest BCUT2D eigenvalue weighted by atomic mass is 35.5. The molecule has 0 spiro atoms. The average Bonchev–Trinajstić information content (AvgIpc) is 3.67. The van der Waals surface area contributed by atoms with Crippen LogP contribution >= 0.6 is 11.6 Å². The number of nitrogens with two attached hydrogens (primary N) is 1. The van der Waals surface area contributed by atoms with Gasteiger partial charge in [0.2, 0.25) is 15.9 Å². The first-order valence-corrected chi connectivity index (χ1v) is 19.2. The highest BCUT2D eigenvalue weighted by Gasteiger charge is 2.60. The highest BCUT2D eigenvalue weighted by molar-refractivity contribution is 7.92. The molecular formula is C37H29ClF6N8O4S. The Bertz CT molecular complexity index is 2700. The number of aryl methyl sites for hydroxylation is 1. The van der Waals surface area contributed by atoms with Crippen molar-refractivity contribution in [1.29, 1.82) is 0 Å². The van der Waals surface area contributed by atoms with Crippen LogP contribution in [0.1, 0.15) is 52.3 Å². The zero-order valence-corrected chi connectivity index (χ0v) is 31.2. The van der Waals surface area contributed by atoms with E-state index in [0.29, 0.717) is 16.3 Å². The quantitative estimate of drug-likeness (QED) is 0.110. The fraction of sp³-hybridized carbons (Fsp3) is 0.297. The first-order chi connectivity index (χ1) is 26.9. The third-order valence-corrected chi connectivity index (χ3v) is 10.2. The zero-order valence-electron chi connectivity index (χ0n) is 29.6. The Balaban J connectivity index is 1.38. The number of nitrogens with one attached hydrogen (secondary N) is 2. The number of amides is 1. The number of rotatable bonds is 11. The molecule has 0 bridgehead atoms. The van der Waals surface area contributed by atoms with Gasteiger partial charge in [0.05, 0.1) is 52.5 Å². The topological polar surface area (TPSA) is 170 Å². The van der Waals surface area contributed by atoms with Crippen molar-refractivity contribution in [2.24, 2.45) is 18.7 Å². The Morgan fingerprint density at radius 1 is 1.09 bits per heavy atom. The standard InChI is InChI=1S/C37H29ClF6N8O4S/c1-51-33-23(8-10-26(38)30(33)36(49-51)50-57(2,55)56)22-6-5-21(4-3-20(45)16-53)46-31(22)27(13-17-11-18(39)14-19(40)12-17)47-28(54)15-52-34-29(32(48-52)35(41)42)24-7-9-25(24)37(34,43)44/h5-6,8,10-12,14,20,24-25,27,35,53H,13,15-16,45H2,1-2H3,(H,47,54)(H,49,50)/t20-,24+,25-,27+/m1/s1. The number of aliphatic hydroxyl groups excluding tert-OH is 1. The summed E-state index contributed by atoms with van der Waals surface area (Å²) in [6, 6.07) is 6.33. The van der Waals surface area contributed by atoms with E-state index in [1.807, 2.05) is 0 Å². The SMILES string of the molecule is Cn1nc(NS(C)(=O)=O)c2c(Cl)ccc(-c3ccc(C#C[C@@H](N)CO)nc3[C@H](Cc3cc(F)cc(F)c3)NC(=O)Cn3nc(C(F)F)c4c3C(F)(F)[C@@H]3C#C[C@H]43)c21. The van der Waals surface area contributed by atoms with E-state index in [0.717, 1.165) is 18.4 Å². The molecule has 7 rings (SSSR count). The van der Waals surface area contributed by atoms with Gasteiger partial charge in [0.15, 0.2) is 5.82 Å². The summed E-state index contributed by atoms with van der Waals surface area (Å²) in [4.78, 5) is 18.6. The molecule has 5 N–H and O–H groups in total. The Morgan fingerprint density at radius 3 is 2.42 bits per heavy atom. The van der Waals surface area contributed by atoms with Crippen LogP contribution in [0.4, 0.5) is 32.2 Å². The minimum absolute atomic E-state index is 0.00410. The van der Waals surface area contributed by atoms with E-state index in [1.165, 1.54) is 29.9 Å². The molecular weight excluding hydrogens is 802 g/mol. The molecule has 0 fully saturated rings. The second-order valence-electron chi connectivity index (χ2n) is 13.4. The number of hydrogen-bond acceptors (Lipinski definition) is 8. The van der Waals surface area contributed by atoms with Crippen LogP contribution in [0.5, 0.6) is 0 Å². The molecule has 2 aliphatic rings. The van der Waals surface area contributed by atoms with Crippen molar-refractivity contribution < 1.29 is 44.7 Å². The summed E-state index contributed by atoms with van der Waals surface area (Å²) in [5.41, 5.74) is 4.47. The molecule has 4 atom stereocenters. The second kappa shape index (κ2) is 14.7. The average molecular weight is 831 g/mol. The molecule has 0 unspecified atom stereocenters. The number of halogens is 7. The molecule has 57 heavy (non-hydrogen) atoms. The van der Waals surface area contributed by atoms with Gasteiger partial charge in [0, 0.05) is 29.8 Å². The molecule has 20 heteroatoms. The number of fused-ring (bicyclic) bond motifs is 4. The number of alkyl halides is 4. The van der Waals surface area contributed by atoms with Crippen molar-refractivity contribution in [3.63, 3.8) is 0 Å². The smallest absolute Gasteiger partial charge is 0.304 e. The molecule has 0 aliphatic heterocycles. The molecule has 2 aromatic carbocycles. The molecule has 2 aliphatic carbocycles. The van der Waals surface area contributed by atoms with Crippen LogP contribution < -0.4 is 15.8 Å². The summed E-state index contributed by atoms with van der Waals surface area (Å²) >= 11 is 6.56. The van der Waals surface area contributed by atoms with Crippen molar-refractivity contribution in [2.45, 2.75) is 43.3 Å². The molecule has 0 saturated carbocycles. The van der Waals surface area contributed by atoms with Gasteiger partial charge in [-0.15, -0.1) is 0 Å². The predicted octanol–water partition coefficient (Wildman–Crippen LogP) is 4.67. The largest absolute Gasteiger partial charge is 0.394 e. The van der Waals surface area contributed by atoms with Crippen molar-refractivity contribution in [1.82, 2.24) is 29.9 Å². The van der Waals surface area contributed by atoms with E-state index in [-0.39, 0.29) is 50.7 Å². The third-order valence-electron chi connectivity index (χ3n) is 9.31. The van der Waals surface area contributed by atoms with Gasteiger partial charge < -0.3 is 16.2 Å². The number of benzene rings is 2. The number of aliphatic hydroxyl groups is 1. The van der Waals surface area contributed by atoms with Gasteiger partial charge in [-0.05, 0) is 48.2 Å². The second-order valence-corrected chi connectivity index (χ2v) is 15.6. The Hall–Kier alpha value is -5.60. The van der Waals surface area contributed by atoms with Gasteiger partial charge in [0.25, 0.3) is 6.43 Å². The van der Waals surface area contributed by atoms with Gasteiger partial charge in [0.1, 0.15) is 41.2 Å². The summed E-state index contributed by atoms with van der Waals surface area (Å²) in [5, 5.41) is 20.4. The lowest BCUT2D eigenvalue weighted by molar-refractivity contribution is -0.123. The molecule has 0 saturated heterocycles. The Labute approximate surface area is 325 Å². The maximum absolute atomic E-state index is 15.5. The number of carbonyl (C=O) groups is 1. The van der Waals surface area contributed by atoms with E-state index >= 15 is 8.78 Å². The number of hydrogen-bond donors (Lipinski definition) is 4. The van der Waals surface area contributed by atoms with E-state index in [2.05, 4.69) is 48.9 Å². The lowest BCUT2D eigenvalue weighted by Crippen LogP contribution is -2.36. The summed E-state index contributed by atoms with van der Waals surface area (Å²) < 4.78 is 117. The maximum Gasteiger partial charge on any atom is 0.304 e. The van der Waals surface area contributed by atoms with Crippen molar-refractivity contribution in [3.8, 4) is 34.8 Å². The number of pyridine rings is 1.